The number of rotatable bonds is 4. The minimum atomic E-state index is -0.296. The van der Waals surface area contributed by atoms with Crippen molar-refractivity contribution in [1.82, 2.24) is 9.47 Å². The summed E-state index contributed by atoms with van der Waals surface area (Å²) in [5, 5.41) is 9.55. The summed E-state index contributed by atoms with van der Waals surface area (Å²) in [4.78, 5) is 30.2. The van der Waals surface area contributed by atoms with Crippen LogP contribution in [0.3, 0.4) is 0 Å². The lowest BCUT2D eigenvalue weighted by Gasteiger charge is -2.32. The molecule has 0 saturated carbocycles. The first-order valence-corrected chi connectivity index (χ1v) is 11.2. The Kier molecular flexibility index (Phi) is 6.49. The molecule has 2 aliphatic heterocycles. The first kappa shape index (κ1) is 21.6. The quantitative estimate of drug-likeness (QED) is 0.537. The lowest BCUT2D eigenvalue weighted by atomic mass is 10.0. The van der Waals surface area contributed by atoms with Crippen LogP contribution in [0.25, 0.3) is 6.08 Å². The SMILES string of the molecule is CCC(C)N1C(=O)/C(=C/c2c(C)c(C#N)c(=O)n(C)c2N2CCCCC2)SC1=S. The minimum Gasteiger partial charge on any atom is -0.357 e. The van der Waals surface area contributed by atoms with E-state index in [0.717, 1.165) is 43.7 Å². The average molecular weight is 431 g/mol. The van der Waals surface area contributed by atoms with E-state index in [1.165, 1.54) is 18.2 Å². The molecule has 154 valence electrons. The topological polar surface area (TPSA) is 69.3 Å². The number of nitrogens with zero attached hydrogens (tertiary/aromatic N) is 4. The zero-order valence-electron chi connectivity index (χ0n) is 17.3. The van der Waals surface area contributed by atoms with Gasteiger partial charge in [-0.15, -0.1) is 0 Å². The van der Waals surface area contributed by atoms with E-state index in [2.05, 4.69) is 4.90 Å². The molecule has 2 aliphatic rings. The summed E-state index contributed by atoms with van der Waals surface area (Å²) in [6, 6.07) is 2.08. The molecule has 1 aromatic heterocycles. The van der Waals surface area contributed by atoms with Gasteiger partial charge in [-0.05, 0) is 51.2 Å². The van der Waals surface area contributed by atoms with Crippen LogP contribution in [0.5, 0.6) is 0 Å². The second kappa shape index (κ2) is 8.72. The third-order valence-electron chi connectivity index (χ3n) is 5.75. The number of aromatic nitrogens is 1. The average Bonchev–Trinajstić information content (AvgIpc) is 3.00. The Labute approximate surface area is 181 Å². The van der Waals surface area contributed by atoms with E-state index in [0.29, 0.717) is 14.8 Å². The van der Waals surface area contributed by atoms with Crippen LogP contribution in [0.15, 0.2) is 9.70 Å². The standard InChI is InChI=1S/C21H26N4O2S2/c1-5-13(2)25-20(27)17(29-21(25)28)11-15-14(3)16(12-22)19(26)23(4)18(15)24-9-7-6-8-10-24/h11,13H,5-10H2,1-4H3/b17-11-. The summed E-state index contributed by atoms with van der Waals surface area (Å²) >= 11 is 6.74. The molecule has 6 nitrogen and oxygen atoms in total. The predicted molar refractivity (Wildman–Crippen MR) is 122 cm³/mol. The van der Waals surface area contributed by atoms with Crippen LogP contribution in [0, 0.1) is 18.3 Å². The first-order chi connectivity index (χ1) is 13.8. The van der Waals surface area contributed by atoms with Crippen LogP contribution < -0.4 is 10.5 Å². The van der Waals surface area contributed by atoms with Crippen LogP contribution in [0.1, 0.15) is 56.2 Å². The number of hydrogen-bond donors (Lipinski definition) is 0. The highest BCUT2D eigenvalue weighted by molar-refractivity contribution is 8.26. The fourth-order valence-corrected chi connectivity index (χ4v) is 5.32. The largest absolute Gasteiger partial charge is 0.357 e. The lowest BCUT2D eigenvalue weighted by Crippen LogP contribution is -2.37. The summed E-state index contributed by atoms with van der Waals surface area (Å²) in [6.45, 7) is 7.51. The maximum atomic E-state index is 13.0. The molecule has 0 aliphatic carbocycles. The van der Waals surface area contributed by atoms with E-state index >= 15 is 0 Å². The highest BCUT2D eigenvalue weighted by atomic mass is 32.2. The molecule has 3 heterocycles. The van der Waals surface area contributed by atoms with Gasteiger partial charge < -0.3 is 4.90 Å². The van der Waals surface area contributed by atoms with Crippen LogP contribution in [-0.2, 0) is 11.8 Å². The molecule has 0 aromatic carbocycles. The van der Waals surface area contributed by atoms with Gasteiger partial charge in [0.25, 0.3) is 11.5 Å². The van der Waals surface area contributed by atoms with Crippen molar-refractivity contribution in [2.45, 2.75) is 52.5 Å². The molecule has 0 N–H and O–H groups in total. The summed E-state index contributed by atoms with van der Waals surface area (Å²) in [5.74, 6) is 0.672. The Morgan fingerprint density at radius 1 is 1.28 bits per heavy atom. The molecule has 2 fully saturated rings. The lowest BCUT2D eigenvalue weighted by molar-refractivity contribution is -0.123. The molecule has 8 heteroatoms. The fourth-order valence-electron chi connectivity index (χ4n) is 3.87. The van der Waals surface area contributed by atoms with Crippen molar-refractivity contribution in [1.29, 1.82) is 5.26 Å². The monoisotopic (exact) mass is 430 g/mol. The van der Waals surface area contributed by atoms with Crippen LogP contribution in [0.2, 0.25) is 0 Å². The summed E-state index contributed by atoms with van der Waals surface area (Å²) < 4.78 is 2.11. The molecular weight excluding hydrogens is 404 g/mol. The van der Waals surface area contributed by atoms with Crippen molar-refractivity contribution in [3.8, 4) is 6.07 Å². The van der Waals surface area contributed by atoms with Crippen LogP contribution >= 0.6 is 24.0 Å². The molecule has 3 rings (SSSR count). The van der Waals surface area contributed by atoms with Gasteiger partial charge in [-0.25, -0.2) is 0 Å². The summed E-state index contributed by atoms with van der Waals surface area (Å²) in [6.07, 6.45) is 5.92. The molecular formula is C21H26N4O2S2. The normalized spacial score (nSPS) is 19.8. The van der Waals surface area contributed by atoms with Gasteiger partial charge in [-0.2, -0.15) is 5.26 Å². The van der Waals surface area contributed by atoms with Crippen LogP contribution in [-0.4, -0.2) is 38.8 Å². The zero-order chi connectivity index (χ0) is 21.3. The van der Waals surface area contributed by atoms with Crippen molar-refractivity contribution in [3.63, 3.8) is 0 Å². The van der Waals surface area contributed by atoms with Gasteiger partial charge >= 0.3 is 0 Å². The number of piperidine rings is 1. The number of hydrogen-bond acceptors (Lipinski definition) is 6. The third kappa shape index (κ3) is 3.86. The maximum absolute atomic E-state index is 13.0. The Hall–Kier alpha value is -2.11. The molecule has 0 radical (unpaired) electrons. The first-order valence-electron chi connectivity index (χ1n) is 9.97. The van der Waals surface area contributed by atoms with Crippen molar-refractivity contribution < 1.29 is 4.79 Å². The Bertz CT molecular complexity index is 984. The minimum absolute atomic E-state index is 0.0332. The van der Waals surface area contributed by atoms with E-state index < -0.39 is 0 Å². The molecule has 29 heavy (non-hydrogen) atoms. The van der Waals surface area contributed by atoms with Gasteiger partial charge in [-0.1, -0.05) is 30.9 Å². The highest BCUT2D eigenvalue weighted by Crippen LogP contribution is 2.37. The molecule has 1 atom stereocenters. The number of carbonyl (C=O) groups excluding carboxylic acids is 1. The molecule has 0 bridgehead atoms. The van der Waals surface area contributed by atoms with Gasteiger partial charge in [0, 0.05) is 31.7 Å². The zero-order valence-corrected chi connectivity index (χ0v) is 19.0. The van der Waals surface area contributed by atoms with E-state index in [1.807, 2.05) is 26.0 Å². The number of carbonyl (C=O) groups is 1. The second-order valence-corrected chi connectivity index (χ2v) is 9.25. The Morgan fingerprint density at radius 2 is 1.93 bits per heavy atom. The number of anilines is 1. The van der Waals surface area contributed by atoms with E-state index in [9.17, 15) is 14.9 Å². The van der Waals surface area contributed by atoms with Crippen molar-refractivity contribution in [2.24, 2.45) is 7.05 Å². The van der Waals surface area contributed by atoms with Gasteiger partial charge in [0.2, 0.25) is 0 Å². The molecule has 2 saturated heterocycles. The van der Waals surface area contributed by atoms with E-state index in [1.54, 1.807) is 23.4 Å². The number of nitriles is 1. The second-order valence-electron chi connectivity index (χ2n) is 7.57. The van der Waals surface area contributed by atoms with Gasteiger partial charge in [0.05, 0.1) is 4.91 Å². The molecule has 1 unspecified atom stereocenters. The van der Waals surface area contributed by atoms with E-state index in [-0.39, 0.29) is 23.1 Å². The smallest absolute Gasteiger partial charge is 0.270 e. The van der Waals surface area contributed by atoms with Gasteiger partial charge in [0.1, 0.15) is 21.8 Å². The molecule has 0 spiro atoms. The Balaban J connectivity index is 2.18. The summed E-state index contributed by atoms with van der Waals surface area (Å²) in [5.41, 5.74) is 1.20. The fraction of sp³-hybridized carbons (Fsp3) is 0.524. The number of amides is 1. The number of pyridine rings is 1. The van der Waals surface area contributed by atoms with Crippen molar-refractivity contribution >= 4 is 46.1 Å². The van der Waals surface area contributed by atoms with Crippen LogP contribution in [0.4, 0.5) is 5.82 Å². The molecule has 1 aromatic rings. The predicted octanol–water partition coefficient (Wildman–Crippen LogP) is 3.56. The number of thiocarbonyl (C=S) groups is 1. The summed E-state index contributed by atoms with van der Waals surface area (Å²) in [7, 11) is 1.70. The van der Waals surface area contributed by atoms with Gasteiger partial charge in [0.15, 0.2) is 0 Å². The number of thioether (sulfide) groups is 1. The molecule has 1 amide bonds. The Morgan fingerprint density at radius 3 is 2.52 bits per heavy atom. The third-order valence-corrected chi connectivity index (χ3v) is 7.08. The maximum Gasteiger partial charge on any atom is 0.270 e. The van der Waals surface area contributed by atoms with Crippen molar-refractivity contribution in [2.75, 3.05) is 18.0 Å². The van der Waals surface area contributed by atoms with Gasteiger partial charge in [-0.3, -0.25) is 19.1 Å². The van der Waals surface area contributed by atoms with Crippen molar-refractivity contribution in [3.05, 3.63) is 31.9 Å². The highest BCUT2D eigenvalue weighted by Gasteiger charge is 2.35. The van der Waals surface area contributed by atoms with E-state index in [4.69, 9.17) is 12.2 Å².